The lowest BCUT2D eigenvalue weighted by Crippen LogP contribution is -2.71. The van der Waals surface area contributed by atoms with E-state index in [1.807, 2.05) is 54.6 Å². The van der Waals surface area contributed by atoms with Crippen LogP contribution < -0.4 is 15.6 Å². The van der Waals surface area contributed by atoms with E-state index in [0.717, 1.165) is 49.1 Å². The molecule has 0 saturated heterocycles. The SMILES string of the molecule is O=C1c2ccccc2C(=O)[C@@H]2[C@H]1C1=C(C[C@@H]2c2ccc(-c3ccccc3)cc2)O[Si](c2ccccc2)(c2ccccc2)c2ccccc21. The van der Waals surface area contributed by atoms with Crippen LogP contribution in [0.25, 0.3) is 16.7 Å². The van der Waals surface area contributed by atoms with Crippen LogP contribution in [0.3, 0.4) is 0 Å². The topological polar surface area (TPSA) is 43.4 Å². The summed E-state index contributed by atoms with van der Waals surface area (Å²) in [5, 5.41) is 3.42. The Morgan fingerprint density at radius 1 is 0.500 bits per heavy atom. The Balaban J connectivity index is 1.28. The molecule has 3 aliphatic rings. The first-order valence-corrected chi connectivity index (χ1v) is 18.5. The number of Topliss-reactive ketones (excluding diaryl/α,β-unsaturated/α-hetero) is 2. The zero-order valence-electron chi connectivity index (χ0n) is 26.3. The Hall–Kier alpha value is -5.58. The molecule has 0 bridgehead atoms. The molecule has 3 atom stereocenters. The number of ketones is 2. The first-order chi connectivity index (χ1) is 23.6. The molecule has 1 heterocycles. The fraction of sp³-hybridized carbons (Fsp3) is 0.0909. The van der Waals surface area contributed by atoms with Crippen LogP contribution in [-0.4, -0.2) is 19.9 Å². The van der Waals surface area contributed by atoms with Crippen LogP contribution in [0.4, 0.5) is 0 Å². The van der Waals surface area contributed by atoms with Crippen molar-refractivity contribution in [3.8, 4) is 11.1 Å². The van der Waals surface area contributed by atoms with Gasteiger partial charge in [0.2, 0.25) is 0 Å². The van der Waals surface area contributed by atoms with E-state index in [4.69, 9.17) is 4.43 Å². The summed E-state index contributed by atoms with van der Waals surface area (Å²) in [5.74, 6) is -0.529. The first kappa shape index (κ1) is 28.6. The fourth-order valence-corrected chi connectivity index (χ4v) is 12.5. The fourth-order valence-electron chi connectivity index (χ4n) is 8.41. The van der Waals surface area contributed by atoms with Gasteiger partial charge in [-0.1, -0.05) is 164 Å². The maximum absolute atomic E-state index is 14.7. The van der Waals surface area contributed by atoms with E-state index in [2.05, 4.69) is 109 Å². The van der Waals surface area contributed by atoms with Crippen LogP contribution >= 0.6 is 0 Å². The Morgan fingerprint density at radius 2 is 1.00 bits per heavy atom. The molecule has 0 saturated carbocycles. The van der Waals surface area contributed by atoms with Crippen LogP contribution in [0.5, 0.6) is 0 Å². The van der Waals surface area contributed by atoms with Gasteiger partial charge in [-0.05, 0) is 37.8 Å². The summed E-state index contributed by atoms with van der Waals surface area (Å²) in [6, 6.07) is 55.8. The summed E-state index contributed by atoms with van der Waals surface area (Å²) in [4.78, 5) is 29.4. The molecule has 6 aromatic rings. The van der Waals surface area contributed by atoms with Gasteiger partial charge >= 0.3 is 8.32 Å². The lowest BCUT2D eigenvalue weighted by Gasteiger charge is -2.48. The zero-order valence-corrected chi connectivity index (χ0v) is 27.3. The van der Waals surface area contributed by atoms with Gasteiger partial charge in [0.1, 0.15) is 0 Å². The molecule has 48 heavy (non-hydrogen) atoms. The van der Waals surface area contributed by atoms with Crippen molar-refractivity contribution in [2.75, 3.05) is 0 Å². The number of allylic oxidation sites excluding steroid dienone is 2. The summed E-state index contributed by atoms with van der Waals surface area (Å²) < 4.78 is 7.60. The summed E-state index contributed by atoms with van der Waals surface area (Å²) in [7, 11) is -3.07. The molecule has 6 aromatic carbocycles. The van der Waals surface area contributed by atoms with Gasteiger partial charge in [-0.3, -0.25) is 9.59 Å². The molecule has 4 heteroatoms. The molecule has 1 aliphatic heterocycles. The Morgan fingerprint density at radius 3 is 1.62 bits per heavy atom. The summed E-state index contributed by atoms with van der Waals surface area (Å²) >= 11 is 0. The summed E-state index contributed by atoms with van der Waals surface area (Å²) in [6.07, 6.45) is 0.533. The lowest BCUT2D eigenvalue weighted by molar-refractivity contribution is 0.0732. The van der Waals surface area contributed by atoms with Crippen molar-refractivity contribution < 1.29 is 14.0 Å². The number of benzene rings is 6. The van der Waals surface area contributed by atoms with E-state index in [1.54, 1.807) is 0 Å². The number of hydrogen-bond acceptors (Lipinski definition) is 3. The molecule has 2 aliphatic carbocycles. The van der Waals surface area contributed by atoms with E-state index >= 15 is 0 Å². The number of rotatable bonds is 4. The largest absolute Gasteiger partial charge is 0.533 e. The van der Waals surface area contributed by atoms with Gasteiger partial charge in [-0.15, -0.1) is 0 Å². The van der Waals surface area contributed by atoms with Gasteiger partial charge in [-0.25, -0.2) is 0 Å². The highest BCUT2D eigenvalue weighted by Gasteiger charge is 2.57. The molecule has 3 nitrogen and oxygen atoms in total. The van der Waals surface area contributed by atoms with Gasteiger partial charge in [-0.2, -0.15) is 0 Å². The predicted molar refractivity (Wildman–Crippen MR) is 193 cm³/mol. The predicted octanol–water partition coefficient (Wildman–Crippen LogP) is 7.56. The Labute approximate surface area is 281 Å². The molecule has 9 rings (SSSR count). The molecule has 0 spiro atoms. The number of fused-ring (bicyclic) bond motifs is 5. The second kappa shape index (κ2) is 11.3. The summed E-state index contributed by atoms with van der Waals surface area (Å²) in [5.41, 5.74) is 6.26. The highest BCUT2D eigenvalue weighted by atomic mass is 28.4. The number of hydrogen-bond donors (Lipinski definition) is 0. The molecule has 0 fully saturated rings. The zero-order chi connectivity index (χ0) is 32.2. The van der Waals surface area contributed by atoms with Gasteiger partial charge < -0.3 is 4.43 Å². The first-order valence-electron chi connectivity index (χ1n) is 16.6. The van der Waals surface area contributed by atoms with E-state index in [-0.39, 0.29) is 17.5 Å². The normalized spacial score (nSPS) is 20.5. The third-order valence-electron chi connectivity index (χ3n) is 10.5. The van der Waals surface area contributed by atoms with Crippen molar-refractivity contribution >= 4 is 41.0 Å². The quantitative estimate of drug-likeness (QED) is 0.188. The molecule has 0 radical (unpaired) electrons. The highest BCUT2D eigenvalue weighted by molar-refractivity contribution is 7.07. The van der Waals surface area contributed by atoms with Gasteiger partial charge in [0.15, 0.2) is 11.6 Å². The van der Waals surface area contributed by atoms with E-state index in [0.29, 0.717) is 17.5 Å². The van der Waals surface area contributed by atoms with Crippen molar-refractivity contribution in [2.45, 2.75) is 12.3 Å². The van der Waals surface area contributed by atoms with Crippen LogP contribution in [0.2, 0.25) is 0 Å². The highest BCUT2D eigenvalue weighted by Crippen LogP contribution is 2.54. The van der Waals surface area contributed by atoms with Crippen molar-refractivity contribution in [1.82, 2.24) is 0 Å². The average Bonchev–Trinajstić information content (AvgIpc) is 3.17. The second-order valence-corrected chi connectivity index (χ2v) is 16.2. The van der Waals surface area contributed by atoms with Crippen LogP contribution in [0.1, 0.15) is 44.2 Å². The molecule has 230 valence electrons. The Bertz CT molecular complexity index is 2180. The molecular weight excluding hydrogens is 605 g/mol. The molecule has 0 amide bonds. The van der Waals surface area contributed by atoms with Crippen molar-refractivity contribution in [3.63, 3.8) is 0 Å². The molecular formula is C44H32O3Si. The third kappa shape index (κ3) is 4.26. The average molecular weight is 637 g/mol. The van der Waals surface area contributed by atoms with Crippen molar-refractivity contribution in [2.24, 2.45) is 11.8 Å². The lowest BCUT2D eigenvalue weighted by atomic mass is 9.59. The third-order valence-corrected chi connectivity index (χ3v) is 14.6. The van der Waals surface area contributed by atoms with Crippen molar-refractivity contribution in [1.29, 1.82) is 0 Å². The van der Waals surface area contributed by atoms with Crippen molar-refractivity contribution in [3.05, 3.63) is 192 Å². The molecule has 0 N–H and O–H groups in total. The van der Waals surface area contributed by atoms with E-state index < -0.39 is 20.2 Å². The van der Waals surface area contributed by atoms with Crippen LogP contribution in [-0.2, 0) is 4.43 Å². The van der Waals surface area contributed by atoms with E-state index in [9.17, 15) is 9.59 Å². The monoisotopic (exact) mass is 636 g/mol. The molecule has 0 aromatic heterocycles. The number of carbonyl (C=O) groups is 2. The van der Waals surface area contributed by atoms with Crippen LogP contribution in [0, 0.1) is 11.8 Å². The minimum Gasteiger partial charge on any atom is -0.533 e. The second-order valence-electron chi connectivity index (χ2n) is 13.0. The summed E-state index contributed by atoms with van der Waals surface area (Å²) in [6.45, 7) is 0. The smallest absolute Gasteiger partial charge is 0.347 e. The van der Waals surface area contributed by atoms with E-state index in [1.165, 1.54) is 0 Å². The number of carbonyl (C=O) groups excluding carboxylic acids is 2. The maximum Gasteiger partial charge on any atom is 0.347 e. The minimum absolute atomic E-state index is 0.000276. The van der Waals surface area contributed by atoms with Gasteiger partial charge in [0.25, 0.3) is 0 Å². The minimum atomic E-state index is -3.07. The standard InChI is InChI=1S/C44H32O3Si/c45-43-34-20-10-11-21-35(34)44(46)42-40-36-22-12-13-23-39(36)48(32-16-6-2-7-17-32,33-18-8-3-9-19-33)47-38(40)28-37(41(42)43)31-26-24-30(25-27-31)29-14-4-1-5-15-29/h1-27,37,41-42H,28H2/t37-,41+,42-/m1/s1. The van der Waals surface area contributed by atoms with Gasteiger partial charge in [0, 0.05) is 35.0 Å². The molecule has 0 unspecified atom stereocenters. The van der Waals surface area contributed by atoms with Gasteiger partial charge in [0.05, 0.1) is 11.7 Å². The maximum atomic E-state index is 14.7. The van der Waals surface area contributed by atoms with Crippen LogP contribution in [0.15, 0.2) is 170 Å². The Kier molecular flexibility index (Phi) is 6.73.